The Morgan fingerprint density at radius 1 is 1.11 bits per heavy atom. The molecule has 1 fully saturated rings. The highest BCUT2D eigenvalue weighted by molar-refractivity contribution is 6.42. The van der Waals surface area contributed by atoms with Gasteiger partial charge in [0.2, 0.25) is 5.91 Å². The van der Waals surface area contributed by atoms with E-state index < -0.39 is 0 Å². The third-order valence-electron chi connectivity index (χ3n) is 4.41. The van der Waals surface area contributed by atoms with E-state index in [4.69, 9.17) is 27.9 Å². The Hall–Kier alpha value is -2.28. The standard InChI is InChI=1S/C20H21Cl2N3O3/c1-28-13-19(26)23-15-4-6-16(7-5-15)25-10-2-9-24(20(25)27)12-14-3-8-17(21)18(22)11-14/h3-8,11H,2,9-10,12-13H2,1H3,(H,23,26). The smallest absolute Gasteiger partial charge is 0.324 e. The van der Waals surface area contributed by atoms with Crippen LogP contribution < -0.4 is 10.2 Å². The first kappa shape index (κ1) is 20.5. The minimum atomic E-state index is -0.225. The SMILES string of the molecule is COCC(=O)Nc1ccc(N2CCCN(Cc3ccc(Cl)c(Cl)c3)C2=O)cc1. The number of nitrogens with one attached hydrogen (secondary N) is 1. The van der Waals surface area contributed by atoms with Crippen LogP contribution in [0.1, 0.15) is 12.0 Å². The predicted molar refractivity (Wildman–Crippen MR) is 111 cm³/mol. The Bertz CT molecular complexity index is 858. The molecule has 1 aliphatic rings. The number of halogens is 2. The van der Waals surface area contributed by atoms with Gasteiger partial charge in [0.1, 0.15) is 6.61 Å². The maximum Gasteiger partial charge on any atom is 0.324 e. The van der Waals surface area contributed by atoms with Crippen molar-refractivity contribution < 1.29 is 14.3 Å². The Morgan fingerprint density at radius 2 is 1.86 bits per heavy atom. The van der Waals surface area contributed by atoms with Gasteiger partial charge in [-0.1, -0.05) is 29.3 Å². The molecule has 1 aliphatic heterocycles. The lowest BCUT2D eigenvalue weighted by Gasteiger charge is -2.35. The first-order valence-corrected chi connectivity index (χ1v) is 9.63. The molecule has 0 aliphatic carbocycles. The van der Waals surface area contributed by atoms with Crippen LogP contribution in [0.2, 0.25) is 10.0 Å². The number of amides is 3. The molecule has 8 heteroatoms. The summed E-state index contributed by atoms with van der Waals surface area (Å²) in [5, 5.41) is 3.71. The Labute approximate surface area is 174 Å². The third-order valence-corrected chi connectivity index (χ3v) is 5.15. The summed E-state index contributed by atoms with van der Waals surface area (Å²) in [5.41, 5.74) is 2.37. The number of nitrogens with zero attached hydrogens (tertiary/aromatic N) is 2. The summed E-state index contributed by atoms with van der Waals surface area (Å²) in [4.78, 5) is 28.1. The highest BCUT2D eigenvalue weighted by Gasteiger charge is 2.26. The molecule has 0 unspecified atom stereocenters. The van der Waals surface area contributed by atoms with Crippen LogP contribution in [0.15, 0.2) is 42.5 Å². The number of urea groups is 1. The maximum absolute atomic E-state index is 12.9. The average molecular weight is 422 g/mol. The Morgan fingerprint density at radius 3 is 2.54 bits per heavy atom. The minimum absolute atomic E-state index is 0.00393. The Kier molecular flexibility index (Phi) is 6.78. The average Bonchev–Trinajstić information content (AvgIpc) is 2.67. The van der Waals surface area contributed by atoms with Gasteiger partial charge in [0, 0.05) is 38.1 Å². The highest BCUT2D eigenvalue weighted by Crippen LogP contribution is 2.26. The van der Waals surface area contributed by atoms with Crippen LogP contribution in [0.4, 0.5) is 16.2 Å². The number of carbonyl (C=O) groups is 2. The number of hydrogen-bond acceptors (Lipinski definition) is 3. The largest absolute Gasteiger partial charge is 0.375 e. The van der Waals surface area contributed by atoms with Crippen molar-refractivity contribution in [3.63, 3.8) is 0 Å². The summed E-state index contributed by atoms with van der Waals surface area (Å²) in [6, 6.07) is 12.5. The van der Waals surface area contributed by atoms with Gasteiger partial charge in [0.05, 0.1) is 10.0 Å². The number of methoxy groups -OCH3 is 1. The number of anilines is 2. The van der Waals surface area contributed by atoms with E-state index in [1.165, 1.54) is 7.11 Å². The van der Waals surface area contributed by atoms with Crippen molar-refractivity contribution >= 4 is 46.5 Å². The van der Waals surface area contributed by atoms with Crippen LogP contribution >= 0.6 is 23.2 Å². The molecule has 6 nitrogen and oxygen atoms in total. The van der Waals surface area contributed by atoms with E-state index in [0.29, 0.717) is 35.4 Å². The van der Waals surface area contributed by atoms with Crippen LogP contribution in [0, 0.1) is 0 Å². The molecule has 1 heterocycles. The van der Waals surface area contributed by atoms with Gasteiger partial charge in [0.15, 0.2) is 0 Å². The molecule has 0 radical (unpaired) electrons. The molecule has 1 N–H and O–H groups in total. The molecule has 28 heavy (non-hydrogen) atoms. The molecule has 0 bridgehead atoms. The number of hydrogen-bond donors (Lipinski definition) is 1. The molecule has 1 saturated heterocycles. The van der Waals surface area contributed by atoms with Gasteiger partial charge in [0.25, 0.3) is 0 Å². The molecule has 0 atom stereocenters. The molecule has 3 rings (SSSR count). The number of ether oxygens (including phenoxy) is 1. The van der Waals surface area contributed by atoms with E-state index >= 15 is 0 Å². The molecule has 148 valence electrons. The summed E-state index contributed by atoms with van der Waals surface area (Å²) >= 11 is 12.0. The summed E-state index contributed by atoms with van der Waals surface area (Å²) in [5.74, 6) is -0.225. The Balaban J connectivity index is 1.68. The van der Waals surface area contributed by atoms with Crippen LogP contribution in [0.25, 0.3) is 0 Å². The quantitative estimate of drug-likeness (QED) is 0.750. The van der Waals surface area contributed by atoms with Gasteiger partial charge >= 0.3 is 6.03 Å². The van der Waals surface area contributed by atoms with Gasteiger partial charge in [-0.05, 0) is 48.4 Å². The van der Waals surface area contributed by atoms with Crippen molar-refractivity contribution in [3.8, 4) is 0 Å². The zero-order valence-electron chi connectivity index (χ0n) is 15.5. The molecule has 2 aromatic carbocycles. The van der Waals surface area contributed by atoms with Crippen molar-refractivity contribution in [1.29, 1.82) is 0 Å². The van der Waals surface area contributed by atoms with E-state index in [1.807, 2.05) is 18.2 Å². The monoisotopic (exact) mass is 421 g/mol. The van der Waals surface area contributed by atoms with Crippen molar-refractivity contribution in [2.75, 3.05) is 37.0 Å². The first-order valence-electron chi connectivity index (χ1n) is 8.87. The van der Waals surface area contributed by atoms with Crippen LogP contribution in [-0.2, 0) is 16.1 Å². The lowest BCUT2D eigenvalue weighted by molar-refractivity contribution is -0.119. The molecular weight excluding hydrogens is 401 g/mol. The summed E-state index contributed by atoms with van der Waals surface area (Å²) in [7, 11) is 1.47. The van der Waals surface area contributed by atoms with Gasteiger partial charge < -0.3 is 15.0 Å². The van der Waals surface area contributed by atoms with Gasteiger partial charge in [-0.15, -0.1) is 0 Å². The topological polar surface area (TPSA) is 61.9 Å². The molecular formula is C20H21Cl2N3O3. The summed E-state index contributed by atoms with van der Waals surface area (Å²) < 4.78 is 4.80. The number of benzene rings is 2. The van der Waals surface area contributed by atoms with Gasteiger partial charge in [-0.3, -0.25) is 9.69 Å². The fourth-order valence-corrected chi connectivity index (χ4v) is 3.40. The number of carbonyl (C=O) groups excluding carboxylic acids is 2. The molecule has 3 amide bonds. The van der Waals surface area contributed by atoms with Crippen molar-refractivity contribution in [3.05, 3.63) is 58.1 Å². The van der Waals surface area contributed by atoms with Crippen LogP contribution in [0.3, 0.4) is 0 Å². The lowest BCUT2D eigenvalue weighted by atomic mass is 10.1. The summed E-state index contributed by atoms with van der Waals surface area (Å²) in [6.07, 6.45) is 0.861. The highest BCUT2D eigenvalue weighted by atomic mass is 35.5. The zero-order valence-corrected chi connectivity index (χ0v) is 17.0. The van der Waals surface area contributed by atoms with E-state index in [0.717, 1.165) is 17.7 Å². The predicted octanol–water partition coefficient (Wildman–Crippen LogP) is 4.41. The van der Waals surface area contributed by atoms with E-state index in [9.17, 15) is 9.59 Å². The van der Waals surface area contributed by atoms with E-state index in [-0.39, 0.29) is 18.5 Å². The molecule has 0 aromatic heterocycles. The molecule has 0 spiro atoms. The minimum Gasteiger partial charge on any atom is -0.375 e. The lowest BCUT2D eigenvalue weighted by Crippen LogP contribution is -2.49. The molecule has 2 aromatic rings. The zero-order chi connectivity index (χ0) is 20.1. The van der Waals surface area contributed by atoms with Gasteiger partial charge in [-0.25, -0.2) is 4.79 Å². The van der Waals surface area contributed by atoms with E-state index in [1.54, 1.807) is 34.1 Å². The fourth-order valence-electron chi connectivity index (χ4n) is 3.08. The van der Waals surface area contributed by atoms with Crippen molar-refractivity contribution in [1.82, 2.24) is 4.90 Å². The maximum atomic E-state index is 12.9. The van der Waals surface area contributed by atoms with E-state index in [2.05, 4.69) is 5.32 Å². The fraction of sp³-hybridized carbons (Fsp3) is 0.300. The first-order chi connectivity index (χ1) is 13.5. The third kappa shape index (κ3) is 4.95. The van der Waals surface area contributed by atoms with Crippen LogP contribution in [-0.4, -0.2) is 43.6 Å². The van der Waals surface area contributed by atoms with Crippen molar-refractivity contribution in [2.24, 2.45) is 0 Å². The second-order valence-electron chi connectivity index (χ2n) is 6.49. The second-order valence-corrected chi connectivity index (χ2v) is 7.30. The van der Waals surface area contributed by atoms with Gasteiger partial charge in [-0.2, -0.15) is 0 Å². The number of rotatable bonds is 6. The normalized spacial score (nSPS) is 14.3. The second kappa shape index (κ2) is 9.28. The summed E-state index contributed by atoms with van der Waals surface area (Å²) in [6.45, 7) is 1.79. The van der Waals surface area contributed by atoms with Crippen molar-refractivity contribution in [2.45, 2.75) is 13.0 Å². The van der Waals surface area contributed by atoms with Crippen LogP contribution in [0.5, 0.6) is 0 Å². The molecule has 0 saturated carbocycles.